The van der Waals surface area contributed by atoms with Crippen LogP contribution in [0.3, 0.4) is 0 Å². The SMILES string of the molecule is CCCCc1nc2c(C)ccc(OC(C)=O)c2n1-c1ccc(-c2ccccc2C(=O)O)c(C)c1. The molecule has 0 aliphatic rings. The Morgan fingerprint density at radius 3 is 2.44 bits per heavy atom. The van der Waals surface area contributed by atoms with Crippen LogP contribution in [0.4, 0.5) is 0 Å². The van der Waals surface area contributed by atoms with E-state index in [4.69, 9.17) is 9.72 Å². The van der Waals surface area contributed by atoms with Gasteiger partial charge in [-0.25, -0.2) is 9.78 Å². The van der Waals surface area contributed by atoms with Crippen LogP contribution in [-0.2, 0) is 11.2 Å². The number of hydrogen-bond donors (Lipinski definition) is 1. The Balaban J connectivity index is 1.94. The van der Waals surface area contributed by atoms with E-state index in [0.29, 0.717) is 11.3 Å². The highest BCUT2D eigenvalue weighted by atomic mass is 16.5. The molecule has 4 rings (SSSR count). The Hall–Kier alpha value is -3.93. The first-order chi connectivity index (χ1) is 16.3. The lowest BCUT2D eigenvalue weighted by atomic mass is 9.95. The van der Waals surface area contributed by atoms with Gasteiger partial charge in [0, 0.05) is 19.0 Å². The summed E-state index contributed by atoms with van der Waals surface area (Å²) in [4.78, 5) is 28.5. The maximum absolute atomic E-state index is 11.8. The van der Waals surface area contributed by atoms with E-state index in [0.717, 1.165) is 58.5 Å². The molecule has 0 saturated heterocycles. The number of hydrogen-bond acceptors (Lipinski definition) is 4. The molecule has 34 heavy (non-hydrogen) atoms. The summed E-state index contributed by atoms with van der Waals surface area (Å²) in [6.07, 6.45) is 2.80. The first-order valence-corrected chi connectivity index (χ1v) is 11.4. The van der Waals surface area contributed by atoms with Gasteiger partial charge in [0.05, 0.1) is 11.1 Å². The minimum atomic E-state index is -0.956. The normalized spacial score (nSPS) is 11.1. The number of aryl methyl sites for hydroxylation is 3. The highest BCUT2D eigenvalue weighted by Gasteiger charge is 2.20. The third-order valence-corrected chi connectivity index (χ3v) is 5.96. The Labute approximate surface area is 198 Å². The predicted molar refractivity (Wildman–Crippen MR) is 133 cm³/mol. The topological polar surface area (TPSA) is 81.4 Å². The van der Waals surface area contributed by atoms with Crippen LogP contribution in [-0.4, -0.2) is 26.6 Å². The number of unbranched alkanes of at least 4 members (excludes halogenated alkanes) is 1. The van der Waals surface area contributed by atoms with Crippen molar-refractivity contribution in [2.45, 2.75) is 47.0 Å². The molecule has 1 N–H and O–H groups in total. The van der Waals surface area contributed by atoms with Crippen molar-refractivity contribution in [3.05, 3.63) is 77.1 Å². The fraction of sp³-hybridized carbons (Fsp3) is 0.250. The maximum Gasteiger partial charge on any atom is 0.336 e. The number of aromatic nitrogens is 2. The van der Waals surface area contributed by atoms with Crippen LogP contribution in [0, 0.1) is 13.8 Å². The monoisotopic (exact) mass is 456 g/mol. The second-order valence-corrected chi connectivity index (χ2v) is 8.49. The molecule has 6 heteroatoms. The fourth-order valence-corrected chi connectivity index (χ4v) is 4.34. The molecule has 0 bridgehead atoms. The largest absolute Gasteiger partial charge is 0.478 e. The lowest BCUT2D eigenvalue weighted by Gasteiger charge is -2.15. The van der Waals surface area contributed by atoms with Crippen LogP contribution >= 0.6 is 0 Å². The van der Waals surface area contributed by atoms with E-state index in [2.05, 4.69) is 11.5 Å². The van der Waals surface area contributed by atoms with Gasteiger partial charge < -0.3 is 9.84 Å². The molecule has 3 aromatic carbocycles. The molecule has 1 heterocycles. The zero-order valence-electron chi connectivity index (χ0n) is 19.9. The zero-order valence-corrected chi connectivity index (χ0v) is 19.9. The third-order valence-electron chi connectivity index (χ3n) is 5.96. The van der Waals surface area contributed by atoms with Gasteiger partial charge in [-0.05, 0) is 66.8 Å². The third kappa shape index (κ3) is 4.31. The first kappa shape index (κ1) is 23.2. The van der Waals surface area contributed by atoms with E-state index < -0.39 is 5.97 Å². The van der Waals surface area contributed by atoms with E-state index in [1.165, 1.54) is 6.92 Å². The number of aromatic carboxylic acids is 1. The Morgan fingerprint density at radius 2 is 1.76 bits per heavy atom. The second-order valence-electron chi connectivity index (χ2n) is 8.49. The molecular formula is C28H28N2O4. The summed E-state index contributed by atoms with van der Waals surface area (Å²) in [7, 11) is 0. The summed E-state index contributed by atoms with van der Waals surface area (Å²) in [5.74, 6) is 0.0341. The highest BCUT2D eigenvalue weighted by Crippen LogP contribution is 2.35. The van der Waals surface area contributed by atoms with Gasteiger partial charge in [0.1, 0.15) is 11.3 Å². The van der Waals surface area contributed by atoms with Crippen molar-refractivity contribution in [3.63, 3.8) is 0 Å². The Kier molecular flexibility index (Phi) is 6.50. The molecule has 4 aromatic rings. The summed E-state index contributed by atoms with van der Waals surface area (Å²) in [6.45, 7) is 7.50. The van der Waals surface area contributed by atoms with Crippen molar-refractivity contribution in [1.82, 2.24) is 9.55 Å². The number of imidazole rings is 1. The van der Waals surface area contributed by atoms with Crippen LogP contribution in [0.2, 0.25) is 0 Å². The van der Waals surface area contributed by atoms with E-state index >= 15 is 0 Å². The van der Waals surface area contributed by atoms with E-state index in [9.17, 15) is 14.7 Å². The molecule has 6 nitrogen and oxygen atoms in total. The number of fused-ring (bicyclic) bond motifs is 1. The van der Waals surface area contributed by atoms with Crippen LogP contribution < -0.4 is 4.74 Å². The Bertz CT molecular complexity index is 1400. The molecule has 0 aliphatic carbocycles. The molecule has 174 valence electrons. The lowest BCUT2D eigenvalue weighted by molar-refractivity contribution is -0.131. The number of benzene rings is 3. The van der Waals surface area contributed by atoms with Crippen molar-refractivity contribution in [1.29, 1.82) is 0 Å². The maximum atomic E-state index is 11.8. The van der Waals surface area contributed by atoms with Crippen LogP contribution in [0.1, 0.15) is 54.0 Å². The summed E-state index contributed by atoms with van der Waals surface area (Å²) in [6, 6.07) is 16.7. The van der Waals surface area contributed by atoms with Gasteiger partial charge in [-0.2, -0.15) is 0 Å². The molecule has 0 spiro atoms. The van der Waals surface area contributed by atoms with Gasteiger partial charge in [0.15, 0.2) is 5.75 Å². The Morgan fingerprint density at radius 1 is 1.00 bits per heavy atom. The first-order valence-electron chi connectivity index (χ1n) is 11.4. The van der Waals surface area contributed by atoms with Crippen LogP contribution in [0.5, 0.6) is 5.75 Å². The van der Waals surface area contributed by atoms with Gasteiger partial charge in [0.25, 0.3) is 0 Å². The molecule has 1 aromatic heterocycles. The quantitative estimate of drug-likeness (QED) is 0.262. The highest BCUT2D eigenvalue weighted by molar-refractivity contribution is 5.96. The average Bonchev–Trinajstić information content (AvgIpc) is 3.19. The predicted octanol–water partition coefficient (Wildman–Crippen LogP) is 6.28. The minimum Gasteiger partial charge on any atom is -0.478 e. The van der Waals surface area contributed by atoms with Gasteiger partial charge in [0.2, 0.25) is 0 Å². The number of carbonyl (C=O) groups is 2. The number of carbonyl (C=O) groups excluding carboxylic acids is 1. The summed E-state index contributed by atoms with van der Waals surface area (Å²) < 4.78 is 7.63. The number of carboxylic acid groups (broad SMARTS) is 1. The smallest absolute Gasteiger partial charge is 0.336 e. The molecule has 0 amide bonds. The molecule has 0 atom stereocenters. The van der Waals surface area contributed by atoms with Crippen molar-refractivity contribution >= 4 is 23.0 Å². The number of carboxylic acids is 1. The van der Waals surface area contributed by atoms with E-state index in [1.807, 2.05) is 56.3 Å². The number of rotatable bonds is 7. The van der Waals surface area contributed by atoms with Crippen molar-refractivity contribution in [2.75, 3.05) is 0 Å². The van der Waals surface area contributed by atoms with Crippen molar-refractivity contribution in [3.8, 4) is 22.6 Å². The van der Waals surface area contributed by atoms with Crippen molar-refractivity contribution in [2.24, 2.45) is 0 Å². The number of esters is 1. The molecule has 0 radical (unpaired) electrons. The van der Waals surface area contributed by atoms with Crippen LogP contribution in [0.25, 0.3) is 27.8 Å². The zero-order chi connectivity index (χ0) is 24.4. The number of ether oxygens (including phenoxy) is 1. The van der Waals surface area contributed by atoms with Crippen LogP contribution in [0.15, 0.2) is 54.6 Å². The van der Waals surface area contributed by atoms with Crippen molar-refractivity contribution < 1.29 is 19.4 Å². The number of nitrogens with zero attached hydrogens (tertiary/aromatic N) is 2. The molecule has 0 unspecified atom stereocenters. The van der Waals surface area contributed by atoms with Gasteiger partial charge >= 0.3 is 11.9 Å². The summed E-state index contributed by atoms with van der Waals surface area (Å²) >= 11 is 0. The van der Waals surface area contributed by atoms with Gasteiger partial charge in [-0.15, -0.1) is 0 Å². The summed E-state index contributed by atoms with van der Waals surface area (Å²) in [5, 5.41) is 9.63. The lowest BCUT2D eigenvalue weighted by Crippen LogP contribution is -2.06. The van der Waals surface area contributed by atoms with E-state index in [1.54, 1.807) is 12.1 Å². The summed E-state index contributed by atoms with van der Waals surface area (Å²) in [5.41, 5.74) is 6.21. The second kappa shape index (κ2) is 9.51. The van der Waals surface area contributed by atoms with Gasteiger partial charge in [-0.1, -0.05) is 43.7 Å². The molecule has 0 saturated carbocycles. The van der Waals surface area contributed by atoms with E-state index in [-0.39, 0.29) is 11.5 Å². The molecule has 0 aliphatic heterocycles. The minimum absolute atomic E-state index is 0.267. The molecular weight excluding hydrogens is 428 g/mol. The van der Waals surface area contributed by atoms with Gasteiger partial charge in [-0.3, -0.25) is 9.36 Å². The molecule has 0 fully saturated rings. The fourth-order valence-electron chi connectivity index (χ4n) is 4.34. The standard InChI is InChI=1S/C28H28N2O4/c1-5-6-11-25-29-26-17(2)12-15-24(34-19(4)31)27(26)30(25)20-13-14-21(18(3)16-20)22-9-7-8-10-23(22)28(32)33/h7-10,12-16H,5-6,11H2,1-4H3,(H,32,33). The average molecular weight is 457 g/mol.